The van der Waals surface area contributed by atoms with Crippen molar-refractivity contribution in [3.05, 3.63) is 11.8 Å². The lowest BCUT2D eigenvalue weighted by molar-refractivity contribution is -0.152. The molecule has 1 aliphatic heterocycles. The summed E-state index contributed by atoms with van der Waals surface area (Å²) in [6.45, 7) is 1.52. The van der Waals surface area contributed by atoms with Crippen LogP contribution in [-0.4, -0.2) is 37.1 Å². The highest BCUT2D eigenvalue weighted by molar-refractivity contribution is 5.91. The van der Waals surface area contributed by atoms with Crippen LogP contribution in [0.5, 0.6) is 0 Å². The Kier molecular flexibility index (Phi) is 5.95. The van der Waals surface area contributed by atoms with Crippen molar-refractivity contribution in [1.82, 2.24) is 5.32 Å². The summed E-state index contributed by atoms with van der Waals surface area (Å²) in [6, 6.07) is 0. The Balaban J connectivity index is 1.53. The average molecular weight is 323 g/mol. The SMILES string of the molecule is O=C(NCC1CC1)C1=C[C@@H](C2CCC2)C[C@@H](OCCCCO)O1. The molecule has 0 spiro atoms. The molecule has 2 saturated carbocycles. The fourth-order valence-electron chi connectivity index (χ4n) is 3.22. The first-order valence-corrected chi connectivity index (χ1v) is 9.15. The molecule has 3 rings (SSSR count). The van der Waals surface area contributed by atoms with Crippen LogP contribution >= 0.6 is 0 Å². The van der Waals surface area contributed by atoms with Gasteiger partial charge in [-0.15, -0.1) is 0 Å². The van der Waals surface area contributed by atoms with Crippen molar-refractivity contribution in [3.8, 4) is 0 Å². The van der Waals surface area contributed by atoms with E-state index >= 15 is 0 Å². The van der Waals surface area contributed by atoms with E-state index in [-0.39, 0.29) is 18.8 Å². The third-order valence-electron chi connectivity index (χ3n) is 5.17. The summed E-state index contributed by atoms with van der Waals surface area (Å²) in [6.07, 6.45) is 10.3. The molecule has 23 heavy (non-hydrogen) atoms. The van der Waals surface area contributed by atoms with Crippen molar-refractivity contribution < 1.29 is 19.4 Å². The predicted octanol–water partition coefficient (Wildman–Crippen LogP) is 2.35. The van der Waals surface area contributed by atoms with Crippen LogP contribution in [0.3, 0.4) is 0 Å². The number of allylic oxidation sites excluding steroid dienone is 1. The summed E-state index contributed by atoms with van der Waals surface area (Å²) in [5.41, 5.74) is 0. The van der Waals surface area contributed by atoms with Crippen LogP contribution in [0.2, 0.25) is 0 Å². The van der Waals surface area contributed by atoms with Gasteiger partial charge in [0, 0.05) is 19.6 Å². The van der Waals surface area contributed by atoms with Crippen molar-refractivity contribution in [2.75, 3.05) is 19.8 Å². The number of hydrogen-bond donors (Lipinski definition) is 2. The van der Waals surface area contributed by atoms with E-state index in [4.69, 9.17) is 14.6 Å². The van der Waals surface area contributed by atoms with E-state index in [1.165, 1.54) is 32.1 Å². The third kappa shape index (κ3) is 4.95. The topological polar surface area (TPSA) is 67.8 Å². The van der Waals surface area contributed by atoms with Gasteiger partial charge in [-0.3, -0.25) is 4.79 Å². The van der Waals surface area contributed by atoms with Crippen LogP contribution in [0.4, 0.5) is 0 Å². The molecule has 2 fully saturated rings. The van der Waals surface area contributed by atoms with Gasteiger partial charge in [-0.1, -0.05) is 6.42 Å². The summed E-state index contributed by atoms with van der Waals surface area (Å²) in [7, 11) is 0. The highest BCUT2D eigenvalue weighted by atomic mass is 16.7. The van der Waals surface area contributed by atoms with Crippen molar-refractivity contribution in [1.29, 1.82) is 0 Å². The molecule has 0 aromatic carbocycles. The molecular formula is C18H29NO4. The van der Waals surface area contributed by atoms with Crippen LogP contribution < -0.4 is 5.32 Å². The van der Waals surface area contributed by atoms with Crippen molar-refractivity contribution in [2.45, 2.75) is 57.7 Å². The first-order chi connectivity index (χ1) is 11.3. The minimum Gasteiger partial charge on any atom is -0.459 e. The summed E-state index contributed by atoms with van der Waals surface area (Å²) < 4.78 is 11.6. The van der Waals surface area contributed by atoms with Gasteiger partial charge in [-0.05, 0) is 62.4 Å². The Morgan fingerprint density at radius 1 is 1.30 bits per heavy atom. The number of rotatable bonds is 9. The van der Waals surface area contributed by atoms with E-state index in [1.54, 1.807) is 0 Å². The van der Waals surface area contributed by atoms with Gasteiger partial charge in [-0.2, -0.15) is 0 Å². The second kappa shape index (κ2) is 8.15. The fourth-order valence-corrected chi connectivity index (χ4v) is 3.22. The van der Waals surface area contributed by atoms with Gasteiger partial charge in [0.15, 0.2) is 5.76 Å². The number of unbranched alkanes of at least 4 members (excludes halogenated alkanes) is 1. The summed E-state index contributed by atoms with van der Waals surface area (Å²) in [4.78, 5) is 12.3. The second-order valence-electron chi connectivity index (χ2n) is 7.12. The highest BCUT2D eigenvalue weighted by Crippen LogP contribution is 2.40. The van der Waals surface area contributed by atoms with E-state index in [9.17, 15) is 4.79 Å². The predicted molar refractivity (Wildman–Crippen MR) is 86.4 cm³/mol. The van der Waals surface area contributed by atoms with Crippen LogP contribution in [0, 0.1) is 17.8 Å². The van der Waals surface area contributed by atoms with Gasteiger partial charge in [-0.25, -0.2) is 0 Å². The molecule has 130 valence electrons. The molecule has 2 N–H and O–H groups in total. The first-order valence-electron chi connectivity index (χ1n) is 9.15. The van der Waals surface area contributed by atoms with E-state index in [2.05, 4.69) is 5.32 Å². The van der Waals surface area contributed by atoms with Crippen molar-refractivity contribution in [2.24, 2.45) is 17.8 Å². The average Bonchev–Trinajstić information content (AvgIpc) is 3.31. The molecule has 5 heteroatoms. The fraction of sp³-hybridized carbons (Fsp3) is 0.833. The molecule has 0 aromatic heterocycles. The summed E-state index contributed by atoms with van der Waals surface area (Å²) >= 11 is 0. The van der Waals surface area contributed by atoms with Crippen LogP contribution in [0.15, 0.2) is 11.8 Å². The molecule has 1 amide bonds. The number of amides is 1. The van der Waals surface area contributed by atoms with Gasteiger partial charge in [0.05, 0.1) is 6.61 Å². The first kappa shape index (κ1) is 16.8. The van der Waals surface area contributed by atoms with Crippen molar-refractivity contribution in [3.63, 3.8) is 0 Å². The Bertz CT molecular complexity index is 429. The monoisotopic (exact) mass is 323 g/mol. The van der Waals surface area contributed by atoms with Gasteiger partial charge in [0.2, 0.25) is 6.29 Å². The molecule has 0 aromatic rings. The molecule has 0 bridgehead atoms. The maximum atomic E-state index is 12.3. The zero-order chi connectivity index (χ0) is 16.1. The smallest absolute Gasteiger partial charge is 0.286 e. The maximum Gasteiger partial charge on any atom is 0.286 e. The lowest BCUT2D eigenvalue weighted by Gasteiger charge is -2.37. The van der Waals surface area contributed by atoms with Crippen molar-refractivity contribution >= 4 is 5.91 Å². The van der Waals surface area contributed by atoms with Gasteiger partial charge < -0.3 is 19.9 Å². The minimum atomic E-state index is -0.328. The molecular weight excluding hydrogens is 294 g/mol. The number of carbonyl (C=O) groups is 1. The van der Waals surface area contributed by atoms with Crippen LogP contribution in [0.1, 0.15) is 51.4 Å². The van der Waals surface area contributed by atoms with Crippen LogP contribution in [0.25, 0.3) is 0 Å². The maximum absolute atomic E-state index is 12.3. The molecule has 1 heterocycles. The number of ether oxygens (including phenoxy) is 2. The number of hydrogen-bond acceptors (Lipinski definition) is 4. The van der Waals surface area contributed by atoms with Gasteiger partial charge in [0.25, 0.3) is 5.91 Å². The van der Waals surface area contributed by atoms with E-state index in [0.29, 0.717) is 30.1 Å². The Hall–Kier alpha value is -1.07. The quantitative estimate of drug-likeness (QED) is 0.639. The van der Waals surface area contributed by atoms with Gasteiger partial charge in [0.1, 0.15) is 0 Å². The van der Waals surface area contributed by atoms with E-state index in [0.717, 1.165) is 25.8 Å². The molecule has 0 saturated heterocycles. The second-order valence-corrected chi connectivity index (χ2v) is 7.12. The molecule has 0 unspecified atom stereocenters. The molecule has 2 aliphatic carbocycles. The summed E-state index contributed by atoms with van der Waals surface area (Å²) in [5, 5.41) is 11.8. The zero-order valence-electron chi connectivity index (χ0n) is 13.8. The minimum absolute atomic E-state index is 0.0927. The summed E-state index contributed by atoms with van der Waals surface area (Å²) in [5.74, 6) is 2.08. The van der Waals surface area contributed by atoms with E-state index < -0.39 is 0 Å². The van der Waals surface area contributed by atoms with Gasteiger partial charge >= 0.3 is 0 Å². The molecule has 3 aliphatic rings. The Labute approximate surface area is 138 Å². The standard InChI is InChI=1S/C18H29NO4/c20-8-1-2-9-22-17-11-15(14-4-3-5-14)10-16(23-17)18(21)19-12-13-6-7-13/h10,13-15,17,20H,1-9,11-12H2,(H,19,21)/t15-,17+/m1/s1. The molecule has 0 radical (unpaired) electrons. The normalized spacial score (nSPS) is 27.8. The zero-order valence-corrected chi connectivity index (χ0v) is 13.8. The van der Waals surface area contributed by atoms with E-state index in [1.807, 2.05) is 6.08 Å². The molecule has 5 nitrogen and oxygen atoms in total. The Morgan fingerprint density at radius 3 is 2.78 bits per heavy atom. The number of aliphatic hydroxyl groups excluding tert-OH is 1. The third-order valence-corrected chi connectivity index (χ3v) is 5.17. The highest BCUT2D eigenvalue weighted by Gasteiger charge is 2.35. The largest absolute Gasteiger partial charge is 0.459 e. The lowest BCUT2D eigenvalue weighted by Crippen LogP contribution is -2.36. The number of aliphatic hydroxyl groups is 1. The molecule has 2 atom stereocenters. The number of carbonyl (C=O) groups excluding carboxylic acids is 1. The Morgan fingerprint density at radius 2 is 2.13 bits per heavy atom. The number of nitrogens with one attached hydrogen (secondary N) is 1. The lowest BCUT2D eigenvalue weighted by atomic mass is 9.73. The van der Waals surface area contributed by atoms with Crippen LogP contribution in [-0.2, 0) is 14.3 Å².